The lowest BCUT2D eigenvalue weighted by Gasteiger charge is -2.08. The second-order valence-corrected chi connectivity index (χ2v) is 10.3. The quantitative estimate of drug-likeness (QED) is 0.293. The Morgan fingerprint density at radius 1 is 1.06 bits per heavy atom. The summed E-state index contributed by atoms with van der Waals surface area (Å²) in [6.07, 6.45) is 0.117. The molecule has 1 amide bonds. The van der Waals surface area contributed by atoms with Crippen LogP contribution in [-0.4, -0.2) is 30.2 Å². The summed E-state index contributed by atoms with van der Waals surface area (Å²) in [5, 5.41) is 13.6. The van der Waals surface area contributed by atoms with E-state index in [0.717, 1.165) is 22.3 Å². The van der Waals surface area contributed by atoms with Gasteiger partial charge in [-0.05, 0) is 61.0 Å². The van der Waals surface area contributed by atoms with Gasteiger partial charge in [-0.15, -0.1) is 11.3 Å². The van der Waals surface area contributed by atoms with Crippen LogP contribution in [0.25, 0.3) is 20.8 Å². The summed E-state index contributed by atoms with van der Waals surface area (Å²) >= 11 is 1.43. The number of sulfone groups is 1. The Morgan fingerprint density at radius 2 is 1.81 bits per heavy atom. The highest BCUT2D eigenvalue weighted by Gasteiger charge is 2.16. The molecule has 0 aliphatic rings. The van der Waals surface area contributed by atoms with Crippen LogP contribution in [-0.2, 0) is 14.6 Å². The van der Waals surface area contributed by atoms with Crippen molar-refractivity contribution in [2.45, 2.75) is 17.7 Å². The second kappa shape index (κ2) is 9.05. The van der Waals surface area contributed by atoms with E-state index in [1.807, 2.05) is 24.3 Å². The van der Waals surface area contributed by atoms with E-state index in [-0.39, 0.29) is 35.1 Å². The minimum absolute atomic E-state index is 0.00221. The number of halogens is 1. The van der Waals surface area contributed by atoms with Crippen LogP contribution in [0.4, 0.5) is 10.1 Å². The molecule has 0 saturated carbocycles. The SMILES string of the molecule is O=C(CCCS(=O)(=O)c1ccc(F)cc1)Nc1ccc(O)c(-c2nc3ccccc3s2)c1. The van der Waals surface area contributed by atoms with Gasteiger partial charge in [-0.1, -0.05) is 12.1 Å². The van der Waals surface area contributed by atoms with Crippen LogP contribution in [0.1, 0.15) is 12.8 Å². The first-order valence-corrected chi connectivity index (χ1v) is 12.3. The zero-order valence-corrected chi connectivity index (χ0v) is 18.4. The first kappa shape index (κ1) is 21.9. The van der Waals surface area contributed by atoms with Gasteiger partial charge in [0.05, 0.1) is 26.4 Å². The first-order chi connectivity index (χ1) is 15.3. The van der Waals surface area contributed by atoms with Crippen molar-refractivity contribution in [3.05, 3.63) is 72.5 Å². The molecule has 1 heterocycles. The largest absolute Gasteiger partial charge is 0.507 e. The Hall–Kier alpha value is -3.30. The highest BCUT2D eigenvalue weighted by Crippen LogP contribution is 2.36. The number of aromatic hydroxyl groups is 1. The topological polar surface area (TPSA) is 96.4 Å². The second-order valence-electron chi connectivity index (χ2n) is 7.14. The molecule has 6 nitrogen and oxygen atoms in total. The van der Waals surface area contributed by atoms with E-state index in [1.165, 1.54) is 29.5 Å². The molecule has 2 N–H and O–H groups in total. The summed E-state index contributed by atoms with van der Waals surface area (Å²) in [6.45, 7) is 0. The number of carbonyl (C=O) groups excluding carboxylic acids is 1. The molecule has 0 saturated heterocycles. The van der Waals surface area contributed by atoms with Gasteiger partial charge in [0.2, 0.25) is 5.91 Å². The molecule has 0 radical (unpaired) electrons. The van der Waals surface area contributed by atoms with E-state index < -0.39 is 15.7 Å². The number of phenolic OH excluding ortho intramolecular Hbond substituents is 1. The number of anilines is 1. The minimum Gasteiger partial charge on any atom is -0.507 e. The van der Waals surface area contributed by atoms with Gasteiger partial charge < -0.3 is 10.4 Å². The van der Waals surface area contributed by atoms with Crippen molar-refractivity contribution in [2.24, 2.45) is 0 Å². The third kappa shape index (κ3) is 4.95. The smallest absolute Gasteiger partial charge is 0.224 e. The van der Waals surface area contributed by atoms with Crippen LogP contribution >= 0.6 is 11.3 Å². The Balaban J connectivity index is 1.40. The molecule has 4 aromatic rings. The average molecular weight is 471 g/mol. The number of hydrogen-bond acceptors (Lipinski definition) is 6. The van der Waals surface area contributed by atoms with Crippen molar-refractivity contribution in [3.8, 4) is 16.3 Å². The van der Waals surface area contributed by atoms with E-state index in [4.69, 9.17) is 0 Å². The van der Waals surface area contributed by atoms with Crippen molar-refractivity contribution in [1.82, 2.24) is 4.98 Å². The fourth-order valence-corrected chi connectivity index (χ4v) is 5.48. The van der Waals surface area contributed by atoms with Crippen LogP contribution in [0.2, 0.25) is 0 Å². The van der Waals surface area contributed by atoms with Crippen LogP contribution in [0, 0.1) is 5.82 Å². The van der Waals surface area contributed by atoms with Crippen LogP contribution in [0.3, 0.4) is 0 Å². The number of benzene rings is 3. The van der Waals surface area contributed by atoms with Crippen molar-refractivity contribution >= 4 is 43.0 Å². The Morgan fingerprint density at radius 3 is 2.56 bits per heavy atom. The zero-order chi connectivity index (χ0) is 22.7. The van der Waals surface area contributed by atoms with Gasteiger partial charge in [-0.3, -0.25) is 4.79 Å². The van der Waals surface area contributed by atoms with Gasteiger partial charge in [0, 0.05) is 12.1 Å². The lowest BCUT2D eigenvalue weighted by molar-refractivity contribution is -0.116. The number of nitrogens with one attached hydrogen (secondary N) is 1. The summed E-state index contributed by atoms with van der Waals surface area (Å²) in [5.74, 6) is -1.03. The predicted molar refractivity (Wildman–Crippen MR) is 123 cm³/mol. The van der Waals surface area contributed by atoms with Crippen molar-refractivity contribution in [1.29, 1.82) is 0 Å². The summed E-state index contributed by atoms with van der Waals surface area (Å²) < 4.78 is 38.6. The van der Waals surface area contributed by atoms with Crippen LogP contribution in [0.5, 0.6) is 5.75 Å². The normalized spacial score (nSPS) is 11.5. The Kier molecular flexibility index (Phi) is 6.20. The van der Waals surface area contributed by atoms with Crippen LogP contribution < -0.4 is 5.32 Å². The molecule has 0 unspecified atom stereocenters. The summed E-state index contributed by atoms with van der Waals surface area (Å²) in [6, 6.07) is 16.9. The van der Waals surface area contributed by atoms with Crippen LogP contribution in [0.15, 0.2) is 71.6 Å². The van der Waals surface area contributed by atoms with E-state index in [1.54, 1.807) is 12.1 Å². The molecular formula is C23H19FN2O4S2. The maximum absolute atomic E-state index is 13.0. The standard InChI is InChI=1S/C23H19FN2O4S2/c24-15-7-10-17(11-8-15)32(29,30)13-3-6-22(28)25-16-9-12-20(27)18(14-16)23-26-19-4-1-2-5-21(19)31-23/h1-2,4-5,7-12,14,27H,3,6,13H2,(H,25,28). The Bertz CT molecular complexity index is 1350. The number of nitrogens with zero attached hydrogens (tertiary/aromatic N) is 1. The number of thiazole rings is 1. The molecule has 32 heavy (non-hydrogen) atoms. The summed E-state index contributed by atoms with van der Waals surface area (Å²) in [5.41, 5.74) is 1.80. The van der Waals surface area contributed by atoms with E-state index in [2.05, 4.69) is 10.3 Å². The molecule has 0 spiro atoms. The molecule has 9 heteroatoms. The van der Waals surface area contributed by atoms with Gasteiger partial charge >= 0.3 is 0 Å². The molecule has 4 rings (SSSR count). The highest BCUT2D eigenvalue weighted by atomic mass is 32.2. The monoisotopic (exact) mass is 470 g/mol. The third-order valence-corrected chi connectivity index (χ3v) is 7.68. The molecule has 1 aromatic heterocycles. The fraction of sp³-hybridized carbons (Fsp3) is 0.130. The number of rotatable bonds is 7. The maximum Gasteiger partial charge on any atom is 0.224 e. The molecular weight excluding hydrogens is 451 g/mol. The zero-order valence-electron chi connectivity index (χ0n) is 16.8. The van der Waals surface area contributed by atoms with Crippen molar-refractivity contribution < 1.29 is 22.7 Å². The number of para-hydroxylation sites is 1. The average Bonchev–Trinajstić information content (AvgIpc) is 3.19. The number of aromatic nitrogens is 1. The minimum atomic E-state index is -3.59. The van der Waals surface area contributed by atoms with Crippen molar-refractivity contribution in [3.63, 3.8) is 0 Å². The summed E-state index contributed by atoms with van der Waals surface area (Å²) in [7, 11) is -3.59. The molecule has 3 aromatic carbocycles. The molecule has 164 valence electrons. The maximum atomic E-state index is 13.0. The van der Waals surface area contributed by atoms with E-state index in [9.17, 15) is 22.7 Å². The van der Waals surface area contributed by atoms with E-state index in [0.29, 0.717) is 16.3 Å². The number of amides is 1. The van der Waals surface area contributed by atoms with Gasteiger partial charge in [-0.2, -0.15) is 0 Å². The lowest BCUT2D eigenvalue weighted by Crippen LogP contribution is -2.14. The number of hydrogen-bond donors (Lipinski definition) is 2. The fourth-order valence-electron chi connectivity index (χ4n) is 3.18. The van der Waals surface area contributed by atoms with E-state index >= 15 is 0 Å². The molecule has 0 atom stereocenters. The molecule has 0 aliphatic heterocycles. The van der Waals surface area contributed by atoms with Crippen molar-refractivity contribution in [2.75, 3.05) is 11.1 Å². The summed E-state index contributed by atoms with van der Waals surface area (Å²) in [4.78, 5) is 16.9. The number of carbonyl (C=O) groups is 1. The lowest BCUT2D eigenvalue weighted by atomic mass is 10.1. The molecule has 0 fully saturated rings. The molecule has 0 aliphatic carbocycles. The number of phenols is 1. The predicted octanol–water partition coefficient (Wildman–Crippen LogP) is 5.00. The van der Waals surface area contributed by atoms with Gasteiger partial charge in [0.1, 0.15) is 16.6 Å². The van der Waals surface area contributed by atoms with Gasteiger partial charge in [-0.25, -0.2) is 17.8 Å². The Labute approximate surface area is 188 Å². The van der Waals surface area contributed by atoms with Gasteiger partial charge in [0.25, 0.3) is 0 Å². The third-order valence-electron chi connectivity index (χ3n) is 4.79. The highest BCUT2D eigenvalue weighted by molar-refractivity contribution is 7.91. The first-order valence-electron chi connectivity index (χ1n) is 9.79. The number of fused-ring (bicyclic) bond motifs is 1. The van der Waals surface area contributed by atoms with Gasteiger partial charge in [0.15, 0.2) is 9.84 Å². The molecule has 0 bridgehead atoms.